The molecule has 0 heterocycles. The Balaban J connectivity index is 1.81. The third-order valence-corrected chi connectivity index (χ3v) is 4.57. The summed E-state index contributed by atoms with van der Waals surface area (Å²) in [6, 6.07) is 6.26. The quantitative estimate of drug-likeness (QED) is 0.663. The van der Waals surface area contributed by atoms with Crippen LogP contribution < -0.4 is 5.32 Å². The van der Waals surface area contributed by atoms with E-state index < -0.39 is 6.10 Å². The summed E-state index contributed by atoms with van der Waals surface area (Å²) < 4.78 is 13.4. The number of carbonyl (C=O) groups is 1. The van der Waals surface area contributed by atoms with E-state index in [1.165, 1.54) is 17.8 Å². The third kappa shape index (κ3) is 4.49. The lowest BCUT2D eigenvalue weighted by atomic mass is 10.1. The minimum Gasteiger partial charge on any atom is -0.391 e. The second-order valence-corrected chi connectivity index (χ2v) is 6.12. The zero-order valence-electron chi connectivity index (χ0n) is 11.3. The fourth-order valence-electron chi connectivity index (χ4n) is 2.41. The van der Waals surface area contributed by atoms with Crippen LogP contribution in [0.15, 0.2) is 29.2 Å². The second kappa shape index (κ2) is 7.64. The number of benzene rings is 1. The van der Waals surface area contributed by atoms with Gasteiger partial charge in [0.05, 0.1) is 17.9 Å². The maximum Gasteiger partial charge on any atom is 0.230 e. The first-order chi connectivity index (χ1) is 9.66. The zero-order valence-corrected chi connectivity index (χ0v) is 12.2. The number of thioether (sulfide) groups is 1. The van der Waals surface area contributed by atoms with Crippen molar-refractivity contribution in [1.29, 1.82) is 0 Å². The molecule has 1 fully saturated rings. The number of halogens is 1. The number of nitrogens with one attached hydrogen (secondary N) is 1. The van der Waals surface area contributed by atoms with Gasteiger partial charge in [-0.05, 0) is 25.0 Å². The van der Waals surface area contributed by atoms with Crippen molar-refractivity contribution >= 4 is 17.7 Å². The highest BCUT2D eigenvalue weighted by atomic mass is 32.2. The Kier molecular flexibility index (Phi) is 5.86. The van der Waals surface area contributed by atoms with Gasteiger partial charge in [0.1, 0.15) is 5.82 Å². The summed E-state index contributed by atoms with van der Waals surface area (Å²) >= 11 is 1.18. The van der Waals surface area contributed by atoms with Crippen molar-refractivity contribution in [1.82, 2.24) is 5.32 Å². The highest BCUT2D eigenvalue weighted by Crippen LogP contribution is 2.22. The van der Waals surface area contributed by atoms with E-state index in [9.17, 15) is 14.3 Å². The molecule has 1 aromatic rings. The number of hydrogen-bond donors (Lipinski definition) is 2. The molecule has 1 aliphatic carbocycles. The predicted molar refractivity (Wildman–Crippen MR) is 78.1 cm³/mol. The highest BCUT2D eigenvalue weighted by Gasteiger charge is 2.23. The van der Waals surface area contributed by atoms with Gasteiger partial charge >= 0.3 is 0 Å². The van der Waals surface area contributed by atoms with Gasteiger partial charge in [-0.1, -0.05) is 31.4 Å². The van der Waals surface area contributed by atoms with Crippen LogP contribution in [0.4, 0.5) is 4.39 Å². The normalized spacial score (nSPS) is 23.1. The molecule has 110 valence electrons. The van der Waals surface area contributed by atoms with Gasteiger partial charge in [0, 0.05) is 4.90 Å². The molecule has 0 saturated heterocycles. The molecule has 0 spiro atoms. The van der Waals surface area contributed by atoms with Crippen molar-refractivity contribution in [2.45, 2.75) is 49.1 Å². The number of aliphatic hydroxyl groups is 1. The molecule has 1 aliphatic rings. The first-order valence-electron chi connectivity index (χ1n) is 7.01. The Hall–Kier alpha value is -1.07. The minimum atomic E-state index is -0.458. The molecule has 2 unspecified atom stereocenters. The lowest BCUT2D eigenvalue weighted by Gasteiger charge is -2.21. The Labute approximate surface area is 123 Å². The van der Waals surface area contributed by atoms with E-state index in [0.29, 0.717) is 4.90 Å². The van der Waals surface area contributed by atoms with Crippen LogP contribution in [-0.2, 0) is 4.79 Å². The molecule has 3 nitrogen and oxygen atoms in total. The maximum atomic E-state index is 13.4. The first kappa shape index (κ1) is 15.3. The molecule has 0 bridgehead atoms. The Morgan fingerprint density at radius 3 is 2.85 bits per heavy atom. The standard InChI is InChI=1S/C15H20FNO2S/c16-11-6-4-5-9-14(11)20-10-15(19)17-12-7-2-1-3-8-13(12)18/h4-6,9,12-13,18H,1-3,7-8,10H2,(H,17,19). The number of amides is 1. The van der Waals surface area contributed by atoms with Gasteiger partial charge in [-0.25, -0.2) is 4.39 Å². The lowest BCUT2D eigenvalue weighted by Crippen LogP contribution is -2.43. The van der Waals surface area contributed by atoms with Crippen LogP contribution in [0.5, 0.6) is 0 Å². The Morgan fingerprint density at radius 2 is 2.05 bits per heavy atom. The number of hydrogen-bond acceptors (Lipinski definition) is 3. The fraction of sp³-hybridized carbons (Fsp3) is 0.533. The van der Waals surface area contributed by atoms with Crippen molar-refractivity contribution in [2.75, 3.05) is 5.75 Å². The third-order valence-electron chi connectivity index (χ3n) is 3.52. The summed E-state index contributed by atoms with van der Waals surface area (Å²) in [5.41, 5.74) is 0. The highest BCUT2D eigenvalue weighted by molar-refractivity contribution is 8.00. The molecule has 5 heteroatoms. The molecule has 0 radical (unpaired) electrons. The fourth-order valence-corrected chi connectivity index (χ4v) is 3.16. The van der Waals surface area contributed by atoms with Crippen molar-refractivity contribution in [3.63, 3.8) is 0 Å². The molecule has 2 N–H and O–H groups in total. The van der Waals surface area contributed by atoms with Gasteiger partial charge in [-0.2, -0.15) is 0 Å². The van der Waals surface area contributed by atoms with E-state index in [2.05, 4.69) is 5.32 Å². The van der Waals surface area contributed by atoms with Crippen LogP contribution in [0.25, 0.3) is 0 Å². The van der Waals surface area contributed by atoms with E-state index >= 15 is 0 Å². The monoisotopic (exact) mass is 297 g/mol. The van der Waals surface area contributed by atoms with E-state index in [4.69, 9.17) is 0 Å². The van der Waals surface area contributed by atoms with Crippen LogP contribution in [0.1, 0.15) is 32.1 Å². The number of aliphatic hydroxyl groups excluding tert-OH is 1. The van der Waals surface area contributed by atoms with E-state index in [0.717, 1.165) is 32.1 Å². The SMILES string of the molecule is O=C(CSc1ccccc1F)NC1CCCCCC1O. The largest absolute Gasteiger partial charge is 0.391 e. The molecule has 2 atom stereocenters. The summed E-state index contributed by atoms with van der Waals surface area (Å²) in [7, 11) is 0. The second-order valence-electron chi connectivity index (χ2n) is 5.10. The molecule has 1 amide bonds. The van der Waals surface area contributed by atoms with Crippen LogP contribution >= 0.6 is 11.8 Å². The molecule has 20 heavy (non-hydrogen) atoms. The minimum absolute atomic E-state index is 0.149. The summed E-state index contributed by atoms with van der Waals surface area (Å²) in [6.07, 6.45) is 4.25. The van der Waals surface area contributed by atoms with Crippen molar-refractivity contribution in [3.05, 3.63) is 30.1 Å². The van der Waals surface area contributed by atoms with Crippen molar-refractivity contribution < 1.29 is 14.3 Å². The predicted octanol–water partition coefficient (Wildman–Crippen LogP) is 2.73. The summed E-state index contributed by atoms with van der Waals surface area (Å²) in [4.78, 5) is 12.4. The maximum absolute atomic E-state index is 13.4. The molecular formula is C15H20FNO2S. The van der Waals surface area contributed by atoms with Gasteiger partial charge < -0.3 is 10.4 Å². The lowest BCUT2D eigenvalue weighted by molar-refractivity contribution is -0.120. The number of carbonyl (C=O) groups excluding carboxylic acids is 1. The average molecular weight is 297 g/mol. The van der Waals surface area contributed by atoms with Crippen LogP contribution in [0, 0.1) is 5.82 Å². The average Bonchev–Trinajstić information content (AvgIpc) is 2.63. The molecule has 1 saturated carbocycles. The van der Waals surface area contributed by atoms with Gasteiger partial charge in [0.2, 0.25) is 5.91 Å². The molecule has 1 aromatic carbocycles. The van der Waals surface area contributed by atoms with Crippen molar-refractivity contribution in [3.8, 4) is 0 Å². The first-order valence-corrected chi connectivity index (χ1v) is 8.00. The zero-order chi connectivity index (χ0) is 14.4. The van der Waals surface area contributed by atoms with Crippen molar-refractivity contribution in [2.24, 2.45) is 0 Å². The van der Waals surface area contributed by atoms with Gasteiger partial charge in [-0.15, -0.1) is 11.8 Å². The van der Waals surface area contributed by atoms with Gasteiger partial charge in [0.15, 0.2) is 0 Å². The summed E-state index contributed by atoms with van der Waals surface area (Å²) in [6.45, 7) is 0. The Morgan fingerprint density at radius 1 is 1.30 bits per heavy atom. The van der Waals surface area contributed by atoms with Gasteiger partial charge in [-0.3, -0.25) is 4.79 Å². The molecule has 0 aliphatic heterocycles. The van der Waals surface area contributed by atoms with Crippen LogP contribution in [-0.4, -0.2) is 28.9 Å². The summed E-state index contributed by atoms with van der Waals surface area (Å²) in [5.74, 6) is -0.284. The molecule has 0 aromatic heterocycles. The Bertz CT molecular complexity index is 455. The van der Waals surface area contributed by atoms with Gasteiger partial charge in [0.25, 0.3) is 0 Å². The van der Waals surface area contributed by atoms with E-state index in [-0.39, 0.29) is 23.5 Å². The van der Waals surface area contributed by atoms with E-state index in [1.54, 1.807) is 18.2 Å². The summed E-state index contributed by atoms with van der Waals surface area (Å²) in [5, 5.41) is 12.8. The molecule has 2 rings (SSSR count). The topological polar surface area (TPSA) is 49.3 Å². The number of rotatable bonds is 4. The van der Waals surface area contributed by atoms with E-state index in [1.807, 2.05) is 0 Å². The smallest absolute Gasteiger partial charge is 0.230 e. The van der Waals surface area contributed by atoms with Crippen LogP contribution in [0.3, 0.4) is 0 Å². The molecular weight excluding hydrogens is 277 g/mol. The van der Waals surface area contributed by atoms with Crippen LogP contribution in [0.2, 0.25) is 0 Å².